The maximum Gasteiger partial charge on any atom is 0.0826 e. The molecular formula is C14H26N2O. The maximum absolute atomic E-state index is 5.77. The summed E-state index contributed by atoms with van der Waals surface area (Å²) in [6.45, 7) is 5.34. The minimum Gasteiger partial charge on any atom is -0.374 e. The highest BCUT2D eigenvalue weighted by Crippen LogP contribution is 2.47. The number of nitrogens with zero attached hydrogens (tertiary/aromatic N) is 1. The predicted molar refractivity (Wildman–Crippen MR) is 69.0 cm³/mol. The Balaban J connectivity index is 1.35. The summed E-state index contributed by atoms with van der Waals surface area (Å²) in [5.74, 6) is 3.08. The summed E-state index contributed by atoms with van der Waals surface area (Å²) in [6.07, 6.45) is 6.43. The molecule has 4 atom stereocenters. The third-order valence-electron chi connectivity index (χ3n) is 5.00. The summed E-state index contributed by atoms with van der Waals surface area (Å²) in [6, 6.07) is 0. The first kappa shape index (κ1) is 11.9. The van der Waals surface area contributed by atoms with Gasteiger partial charge in [0.2, 0.25) is 0 Å². The zero-order chi connectivity index (χ0) is 11.7. The van der Waals surface area contributed by atoms with Crippen LogP contribution in [0.15, 0.2) is 0 Å². The molecule has 1 saturated heterocycles. The number of rotatable bonds is 4. The van der Waals surface area contributed by atoms with E-state index in [9.17, 15) is 0 Å². The summed E-state index contributed by atoms with van der Waals surface area (Å²) < 4.78 is 5.77. The van der Waals surface area contributed by atoms with Crippen molar-refractivity contribution in [1.82, 2.24) is 10.2 Å². The number of morpholine rings is 1. The van der Waals surface area contributed by atoms with E-state index in [2.05, 4.69) is 17.3 Å². The first-order valence-corrected chi connectivity index (χ1v) is 7.32. The fraction of sp³-hybridized carbons (Fsp3) is 1.00. The fourth-order valence-corrected chi connectivity index (χ4v) is 4.05. The summed E-state index contributed by atoms with van der Waals surface area (Å²) in [4.78, 5) is 2.37. The lowest BCUT2D eigenvalue weighted by atomic mass is 9.89. The second kappa shape index (κ2) is 5.25. The molecule has 0 aromatic rings. The van der Waals surface area contributed by atoms with Gasteiger partial charge in [-0.1, -0.05) is 6.42 Å². The summed E-state index contributed by atoms with van der Waals surface area (Å²) >= 11 is 0. The van der Waals surface area contributed by atoms with E-state index in [0.29, 0.717) is 6.10 Å². The van der Waals surface area contributed by atoms with Crippen LogP contribution in [0.3, 0.4) is 0 Å². The zero-order valence-electron chi connectivity index (χ0n) is 11.0. The zero-order valence-corrected chi connectivity index (χ0v) is 11.0. The quantitative estimate of drug-likeness (QED) is 0.800. The van der Waals surface area contributed by atoms with Gasteiger partial charge in [-0.2, -0.15) is 0 Å². The van der Waals surface area contributed by atoms with Gasteiger partial charge in [-0.3, -0.25) is 0 Å². The van der Waals surface area contributed by atoms with Crippen LogP contribution in [0.2, 0.25) is 0 Å². The van der Waals surface area contributed by atoms with Gasteiger partial charge >= 0.3 is 0 Å². The number of likely N-dealkylation sites (N-methyl/N-ethyl adjacent to an activating group) is 1. The van der Waals surface area contributed by atoms with Crippen LogP contribution in [-0.4, -0.2) is 50.8 Å². The Morgan fingerprint density at radius 3 is 2.88 bits per heavy atom. The molecule has 1 heterocycles. The molecule has 0 aromatic carbocycles. The highest BCUT2D eigenvalue weighted by atomic mass is 16.5. The number of ether oxygens (including phenoxy) is 1. The Morgan fingerprint density at radius 1 is 1.24 bits per heavy atom. The number of fused-ring (bicyclic) bond motifs is 2. The molecule has 2 bridgehead atoms. The van der Waals surface area contributed by atoms with Crippen LogP contribution in [0, 0.1) is 17.8 Å². The van der Waals surface area contributed by atoms with Crippen LogP contribution < -0.4 is 5.32 Å². The van der Waals surface area contributed by atoms with Crippen LogP contribution in [-0.2, 0) is 4.74 Å². The molecule has 3 fully saturated rings. The van der Waals surface area contributed by atoms with E-state index in [1.165, 1.54) is 32.2 Å². The fourth-order valence-electron chi connectivity index (χ4n) is 4.05. The normalized spacial score (nSPS) is 42.2. The van der Waals surface area contributed by atoms with Gasteiger partial charge in [0, 0.05) is 19.6 Å². The van der Waals surface area contributed by atoms with Crippen LogP contribution in [0.1, 0.15) is 25.7 Å². The maximum atomic E-state index is 5.77. The van der Waals surface area contributed by atoms with Crippen LogP contribution in [0.5, 0.6) is 0 Å². The van der Waals surface area contributed by atoms with Gasteiger partial charge in [-0.05, 0) is 50.6 Å². The number of nitrogens with one attached hydrogen (secondary N) is 1. The molecular weight excluding hydrogens is 212 g/mol. The Labute approximate surface area is 105 Å². The van der Waals surface area contributed by atoms with Crippen LogP contribution >= 0.6 is 0 Å². The van der Waals surface area contributed by atoms with Crippen molar-refractivity contribution in [3.63, 3.8) is 0 Å². The molecule has 17 heavy (non-hydrogen) atoms. The molecule has 0 spiro atoms. The molecule has 2 aliphatic carbocycles. The Morgan fingerprint density at radius 2 is 2.18 bits per heavy atom. The van der Waals surface area contributed by atoms with Gasteiger partial charge in [0.05, 0.1) is 12.7 Å². The lowest BCUT2D eigenvalue weighted by Gasteiger charge is -2.31. The van der Waals surface area contributed by atoms with Crippen LogP contribution in [0.25, 0.3) is 0 Å². The van der Waals surface area contributed by atoms with Crippen molar-refractivity contribution in [1.29, 1.82) is 0 Å². The van der Waals surface area contributed by atoms with Crippen molar-refractivity contribution in [2.75, 3.05) is 39.8 Å². The van der Waals surface area contributed by atoms with E-state index in [1.807, 2.05) is 0 Å². The summed E-state index contributed by atoms with van der Waals surface area (Å²) in [5.41, 5.74) is 0. The molecule has 3 nitrogen and oxygen atoms in total. The van der Waals surface area contributed by atoms with Crippen molar-refractivity contribution >= 4 is 0 Å². The standard InChI is InChI=1S/C14H26N2O/c1-16-4-5-17-14(10-16)9-15-8-13-7-11-2-3-12(13)6-11/h11-15H,2-10H2,1H3. The van der Waals surface area contributed by atoms with Crippen molar-refractivity contribution in [2.45, 2.75) is 31.8 Å². The van der Waals surface area contributed by atoms with Crippen molar-refractivity contribution in [2.24, 2.45) is 17.8 Å². The van der Waals surface area contributed by atoms with Gasteiger partial charge in [-0.15, -0.1) is 0 Å². The second-order valence-electron chi connectivity index (χ2n) is 6.35. The van der Waals surface area contributed by atoms with E-state index in [0.717, 1.165) is 44.0 Å². The largest absolute Gasteiger partial charge is 0.374 e. The van der Waals surface area contributed by atoms with Gasteiger partial charge in [0.1, 0.15) is 0 Å². The van der Waals surface area contributed by atoms with E-state index < -0.39 is 0 Å². The third kappa shape index (κ3) is 2.83. The van der Waals surface area contributed by atoms with Crippen molar-refractivity contribution in [3.8, 4) is 0 Å². The second-order valence-corrected chi connectivity index (χ2v) is 6.35. The minimum absolute atomic E-state index is 0.410. The average Bonchev–Trinajstić information content (AvgIpc) is 2.91. The molecule has 3 rings (SSSR count). The summed E-state index contributed by atoms with van der Waals surface area (Å²) in [7, 11) is 2.19. The molecule has 1 N–H and O–H groups in total. The average molecular weight is 238 g/mol. The summed E-state index contributed by atoms with van der Waals surface area (Å²) in [5, 5.41) is 3.65. The smallest absolute Gasteiger partial charge is 0.0826 e. The molecule has 4 unspecified atom stereocenters. The Bertz CT molecular complexity index is 259. The van der Waals surface area contributed by atoms with Gasteiger partial charge in [-0.25, -0.2) is 0 Å². The first-order valence-electron chi connectivity index (χ1n) is 7.32. The molecule has 0 amide bonds. The molecule has 98 valence electrons. The molecule has 0 radical (unpaired) electrons. The lowest BCUT2D eigenvalue weighted by molar-refractivity contribution is -0.0185. The molecule has 2 saturated carbocycles. The molecule has 1 aliphatic heterocycles. The number of hydrogen-bond acceptors (Lipinski definition) is 3. The monoisotopic (exact) mass is 238 g/mol. The molecule has 3 heteroatoms. The Kier molecular flexibility index (Phi) is 3.69. The minimum atomic E-state index is 0.410. The van der Waals surface area contributed by atoms with Gasteiger partial charge < -0.3 is 15.0 Å². The van der Waals surface area contributed by atoms with Crippen LogP contribution in [0.4, 0.5) is 0 Å². The van der Waals surface area contributed by atoms with Gasteiger partial charge in [0.15, 0.2) is 0 Å². The number of hydrogen-bond donors (Lipinski definition) is 1. The van der Waals surface area contributed by atoms with E-state index >= 15 is 0 Å². The SMILES string of the molecule is CN1CCOC(CNCC2CC3CCC2C3)C1. The predicted octanol–water partition coefficient (Wildman–Crippen LogP) is 1.34. The highest BCUT2D eigenvalue weighted by Gasteiger charge is 2.38. The lowest BCUT2D eigenvalue weighted by Crippen LogP contribution is -2.45. The van der Waals surface area contributed by atoms with E-state index in [4.69, 9.17) is 4.74 Å². The van der Waals surface area contributed by atoms with Crippen molar-refractivity contribution < 1.29 is 4.74 Å². The first-order chi connectivity index (χ1) is 8.31. The highest BCUT2D eigenvalue weighted by molar-refractivity contribution is 4.90. The topological polar surface area (TPSA) is 24.5 Å². The molecule has 3 aliphatic rings. The molecule has 0 aromatic heterocycles. The third-order valence-corrected chi connectivity index (χ3v) is 5.00. The van der Waals surface area contributed by atoms with E-state index in [-0.39, 0.29) is 0 Å². The van der Waals surface area contributed by atoms with Crippen molar-refractivity contribution in [3.05, 3.63) is 0 Å². The van der Waals surface area contributed by atoms with E-state index in [1.54, 1.807) is 0 Å². The Hall–Kier alpha value is -0.120. The van der Waals surface area contributed by atoms with Gasteiger partial charge in [0.25, 0.3) is 0 Å².